The highest BCUT2D eigenvalue weighted by Crippen LogP contribution is 2.30. The summed E-state index contributed by atoms with van der Waals surface area (Å²) in [5, 5.41) is 6.50. The largest absolute Gasteiger partial charge is 0.361 e. The summed E-state index contributed by atoms with van der Waals surface area (Å²) >= 11 is 0. The number of rotatable bonds is 0. The first-order valence-electron chi connectivity index (χ1n) is 5.81. The van der Waals surface area contributed by atoms with Gasteiger partial charge in [-0.05, 0) is 22.2 Å². The predicted octanol–water partition coefficient (Wildman–Crippen LogP) is 4.47. The van der Waals surface area contributed by atoms with Crippen LogP contribution >= 0.6 is 0 Å². The fourth-order valence-corrected chi connectivity index (χ4v) is 2.62. The molecule has 0 aliphatic carbocycles. The normalized spacial score (nSPS) is 11.5. The Bertz CT molecular complexity index is 840. The Balaban J connectivity index is 2.34. The fourth-order valence-electron chi connectivity index (χ4n) is 2.62. The lowest BCUT2D eigenvalue weighted by molar-refractivity contribution is 1.49. The highest BCUT2D eigenvalue weighted by molar-refractivity contribution is 6.16. The third-order valence-electron chi connectivity index (χ3n) is 3.45. The Morgan fingerprint density at radius 2 is 1.41 bits per heavy atom. The zero-order chi connectivity index (χ0) is 11.2. The van der Waals surface area contributed by atoms with E-state index in [9.17, 15) is 0 Å². The lowest BCUT2D eigenvalue weighted by Gasteiger charge is -2.04. The molecule has 3 aromatic carbocycles. The molecule has 80 valence electrons. The SMILES string of the molecule is c1ccc2c(c1)ccc1c2ccc2cc[nH]c21. The molecule has 17 heavy (non-hydrogen) atoms. The zero-order valence-corrected chi connectivity index (χ0v) is 9.27. The Hall–Kier alpha value is -2.28. The first-order chi connectivity index (χ1) is 8.43. The minimum absolute atomic E-state index is 1.23. The molecule has 0 saturated carbocycles. The van der Waals surface area contributed by atoms with Gasteiger partial charge in [0.2, 0.25) is 0 Å². The smallest absolute Gasteiger partial charge is 0.0533 e. The molecule has 0 atom stereocenters. The number of aromatic nitrogens is 1. The maximum absolute atomic E-state index is 3.33. The van der Waals surface area contributed by atoms with Crippen molar-refractivity contribution in [3.63, 3.8) is 0 Å². The van der Waals surface area contributed by atoms with Crippen LogP contribution in [0.15, 0.2) is 60.8 Å². The third-order valence-corrected chi connectivity index (χ3v) is 3.45. The number of aromatic amines is 1. The number of benzene rings is 3. The maximum atomic E-state index is 3.33. The zero-order valence-electron chi connectivity index (χ0n) is 9.27. The van der Waals surface area contributed by atoms with Crippen LogP contribution < -0.4 is 0 Å². The molecule has 0 spiro atoms. The topological polar surface area (TPSA) is 15.8 Å². The van der Waals surface area contributed by atoms with Gasteiger partial charge in [0.1, 0.15) is 0 Å². The van der Waals surface area contributed by atoms with Crippen molar-refractivity contribution in [3.05, 3.63) is 60.8 Å². The summed E-state index contributed by atoms with van der Waals surface area (Å²) in [5.74, 6) is 0. The van der Waals surface area contributed by atoms with Crippen LogP contribution in [0.5, 0.6) is 0 Å². The van der Waals surface area contributed by atoms with E-state index in [1.165, 1.54) is 32.4 Å². The average molecular weight is 217 g/mol. The van der Waals surface area contributed by atoms with Crippen LogP contribution in [0.1, 0.15) is 0 Å². The molecule has 4 aromatic rings. The van der Waals surface area contributed by atoms with Crippen LogP contribution in [0.25, 0.3) is 32.4 Å². The molecule has 0 aliphatic heterocycles. The van der Waals surface area contributed by atoms with Gasteiger partial charge in [-0.15, -0.1) is 0 Å². The highest BCUT2D eigenvalue weighted by Gasteiger charge is 2.04. The summed E-state index contributed by atoms with van der Waals surface area (Å²) < 4.78 is 0. The molecular weight excluding hydrogens is 206 g/mol. The summed E-state index contributed by atoms with van der Waals surface area (Å²) in [7, 11) is 0. The van der Waals surface area contributed by atoms with E-state index in [-0.39, 0.29) is 0 Å². The van der Waals surface area contributed by atoms with Gasteiger partial charge in [-0.2, -0.15) is 0 Å². The second-order valence-corrected chi connectivity index (χ2v) is 4.39. The molecule has 1 heteroatoms. The quantitative estimate of drug-likeness (QED) is 0.418. The first-order valence-corrected chi connectivity index (χ1v) is 5.81. The lowest BCUT2D eigenvalue weighted by atomic mass is 10.0. The van der Waals surface area contributed by atoms with Crippen molar-refractivity contribution in [2.75, 3.05) is 0 Å². The van der Waals surface area contributed by atoms with Gasteiger partial charge < -0.3 is 4.98 Å². The van der Waals surface area contributed by atoms with Gasteiger partial charge >= 0.3 is 0 Å². The second kappa shape index (κ2) is 3.11. The van der Waals surface area contributed by atoms with Gasteiger partial charge in [0, 0.05) is 17.0 Å². The summed E-state index contributed by atoms with van der Waals surface area (Å²) in [5.41, 5.74) is 1.23. The van der Waals surface area contributed by atoms with Gasteiger partial charge in [-0.25, -0.2) is 0 Å². The fraction of sp³-hybridized carbons (Fsp3) is 0. The van der Waals surface area contributed by atoms with Crippen molar-refractivity contribution in [3.8, 4) is 0 Å². The van der Waals surface area contributed by atoms with Crippen LogP contribution in [0, 0.1) is 0 Å². The van der Waals surface area contributed by atoms with Crippen molar-refractivity contribution in [2.45, 2.75) is 0 Å². The van der Waals surface area contributed by atoms with E-state index in [2.05, 4.69) is 59.6 Å². The minimum atomic E-state index is 1.23. The summed E-state index contributed by atoms with van der Waals surface area (Å²) in [6.45, 7) is 0. The van der Waals surface area contributed by atoms with Crippen LogP contribution in [0.4, 0.5) is 0 Å². The van der Waals surface area contributed by atoms with E-state index < -0.39 is 0 Å². The monoisotopic (exact) mass is 217 g/mol. The average Bonchev–Trinajstić information content (AvgIpc) is 2.86. The van der Waals surface area contributed by atoms with Gasteiger partial charge in [-0.3, -0.25) is 0 Å². The highest BCUT2D eigenvalue weighted by atomic mass is 14.7. The van der Waals surface area contributed by atoms with Crippen molar-refractivity contribution < 1.29 is 0 Å². The van der Waals surface area contributed by atoms with Gasteiger partial charge in [0.25, 0.3) is 0 Å². The lowest BCUT2D eigenvalue weighted by Crippen LogP contribution is -1.78. The molecule has 0 bridgehead atoms. The minimum Gasteiger partial charge on any atom is -0.361 e. The third kappa shape index (κ3) is 1.14. The standard InChI is InChI=1S/C16H11N/c1-2-4-13-11(3-1)5-8-15-14(13)7-6-12-9-10-17-16(12)15/h1-10,17H. The Kier molecular flexibility index (Phi) is 1.61. The molecule has 1 heterocycles. The van der Waals surface area contributed by atoms with E-state index in [1.807, 2.05) is 6.20 Å². The van der Waals surface area contributed by atoms with Crippen LogP contribution in [0.3, 0.4) is 0 Å². The Morgan fingerprint density at radius 3 is 2.41 bits per heavy atom. The molecule has 0 aliphatic rings. The molecule has 0 radical (unpaired) electrons. The van der Waals surface area contributed by atoms with Gasteiger partial charge in [0.05, 0.1) is 5.52 Å². The molecule has 0 unspecified atom stereocenters. The van der Waals surface area contributed by atoms with E-state index >= 15 is 0 Å². The van der Waals surface area contributed by atoms with E-state index in [0.717, 1.165) is 0 Å². The molecule has 1 N–H and O–H groups in total. The van der Waals surface area contributed by atoms with Crippen molar-refractivity contribution in [1.29, 1.82) is 0 Å². The molecule has 0 saturated heterocycles. The Morgan fingerprint density at radius 1 is 0.588 bits per heavy atom. The molecule has 1 nitrogen and oxygen atoms in total. The molecule has 0 fully saturated rings. The van der Waals surface area contributed by atoms with Crippen LogP contribution in [0.2, 0.25) is 0 Å². The maximum Gasteiger partial charge on any atom is 0.0533 e. The second-order valence-electron chi connectivity index (χ2n) is 4.39. The number of nitrogens with one attached hydrogen (secondary N) is 1. The van der Waals surface area contributed by atoms with Gasteiger partial charge in [-0.1, -0.05) is 48.5 Å². The summed E-state index contributed by atoms with van der Waals surface area (Å²) in [4.78, 5) is 3.33. The van der Waals surface area contributed by atoms with Crippen molar-refractivity contribution in [2.24, 2.45) is 0 Å². The van der Waals surface area contributed by atoms with E-state index in [4.69, 9.17) is 0 Å². The van der Waals surface area contributed by atoms with E-state index in [1.54, 1.807) is 0 Å². The van der Waals surface area contributed by atoms with Crippen molar-refractivity contribution >= 4 is 32.4 Å². The number of H-pyrrole nitrogens is 1. The Labute approximate surface area is 98.7 Å². The van der Waals surface area contributed by atoms with Crippen LogP contribution in [-0.4, -0.2) is 4.98 Å². The molecule has 4 rings (SSSR count). The predicted molar refractivity (Wildman–Crippen MR) is 73.3 cm³/mol. The first kappa shape index (κ1) is 8.82. The van der Waals surface area contributed by atoms with Crippen molar-refractivity contribution in [1.82, 2.24) is 4.98 Å². The van der Waals surface area contributed by atoms with Gasteiger partial charge in [0.15, 0.2) is 0 Å². The molecule has 0 amide bonds. The molecular formula is C16H11N. The number of hydrogen-bond acceptors (Lipinski definition) is 0. The summed E-state index contributed by atoms with van der Waals surface area (Å²) in [6.07, 6.45) is 2.00. The number of fused-ring (bicyclic) bond motifs is 5. The van der Waals surface area contributed by atoms with E-state index in [0.29, 0.717) is 0 Å². The number of hydrogen-bond donors (Lipinski definition) is 1. The molecule has 1 aromatic heterocycles. The summed E-state index contributed by atoms with van der Waals surface area (Å²) in [6, 6.07) is 19.4. The van der Waals surface area contributed by atoms with Crippen LogP contribution in [-0.2, 0) is 0 Å².